The summed E-state index contributed by atoms with van der Waals surface area (Å²) in [7, 11) is 3.42. The average molecular weight is 327 g/mol. The van der Waals surface area contributed by atoms with Crippen LogP contribution >= 0.6 is 0 Å². The molecule has 3 nitrogen and oxygen atoms in total. The molecule has 4 aromatic rings. The second kappa shape index (κ2) is 4.97. The predicted octanol–water partition coefficient (Wildman–Crippen LogP) is 4.18. The molecule has 0 amide bonds. The molecule has 3 heteroatoms. The van der Waals surface area contributed by atoms with Gasteiger partial charge < -0.3 is 4.57 Å². The number of aryl methyl sites for hydroxylation is 5. The summed E-state index contributed by atoms with van der Waals surface area (Å²) in [4.78, 5) is 0. The Morgan fingerprint density at radius 2 is 1.88 bits per heavy atom. The molecule has 0 atom stereocenters. The zero-order chi connectivity index (χ0) is 24.7. The fourth-order valence-electron chi connectivity index (χ4n) is 3.39. The van der Waals surface area contributed by atoms with E-state index < -0.39 is 20.6 Å². The number of aromatic nitrogens is 3. The van der Waals surface area contributed by atoms with E-state index in [9.17, 15) is 0 Å². The van der Waals surface area contributed by atoms with E-state index in [1.807, 2.05) is 24.3 Å². The standard InChI is InChI=1S/C21H24N3/c1-13-11-19(22(5)12-14(13)2)24-18-10-8-7-9-17(18)20-15(3)16(4)23(6)21(20)24/h7-12H,1-6H3/q+1/i1D3,2D3,3D3. The van der Waals surface area contributed by atoms with Crippen molar-refractivity contribution in [1.82, 2.24) is 9.13 Å². The highest BCUT2D eigenvalue weighted by atomic mass is 15.2. The van der Waals surface area contributed by atoms with E-state index in [1.165, 1.54) is 12.3 Å². The van der Waals surface area contributed by atoms with Crippen LogP contribution in [0, 0.1) is 27.5 Å². The van der Waals surface area contributed by atoms with Crippen molar-refractivity contribution in [3.63, 3.8) is 0 Å². The lowest BCUT2D eigenvalue weighted by atomic mass is 10.1. The van der Waals surface area contributed by atoms with Gasteiger partial charge in [-0.1, -0.05) is 12.1 Å². The van der Waals surface area contributed by atoms with Gasteiger partial charge in [0.1, 0.15) is 5.52 Å². The van der Waals surface area contributed by atoms with Gasteiger partial charge in [0.25, 0.3) is 5.82 Å². The van der Waals surface area contributed by atoms with Gasteiger partial charge in [-0.3, -0.25) is 0 Å². The second-order valence-electron chi connectivity index (χ2n) is 6.14. The van der Waals surface area contributed by atoms with Crippen molar-refractivity contribution in [2.45, 2.75) is 27.5 Å². The summed E-state index contributed by atoms with van der Waals surface area (Å²) >= 11 is 0. The van der Waals surface area contributed by atoms with Crippen LogP contribution in [0.15, 0.2) is 36.5 Å². The zero-order valence-electron chi connectivity index (χ0n) is 22.8. The molecule has 0 unspecified atom stereocenters. The second-order valence-corrected chi connectivity index (χ2v) is 6.14. The molecule has 3 heterocycles. The Morgan fingerprint density at radius 3 is 2.62 bits per heavy atom. The Kier molecular flexibility index (Phi) is 1.66. The van der Waals surface area contributed by atoms with Gasteiger partial charge in [-0.25, -0.2) is 4.57 Å². The third kappa shape index (κ3) is 1.81. The first-order valence-corrected chi connectivity index (χ1v) is 7.69. The van der Waals surface area contributed by atoms with E-state index in [2.05, 4.69) is 0 Å². The van der Waals surface area contributed by atoms with Gasteiger partial charge >= 0.3 is 0 Å². The predicted molar refractivity (Wildman–Crippen MR) is 99.9 cm³/mol. The van der Waals surface area contributed by atoms with Crippen molar-refractivity contribution in [2.24, 2.45) is 14.1 Å². The van der Waals surface area contributed by atoms with Gasteiger partial charge in [0.15, 0.2) is 0 Å². The van der Waals surface area contributed by atoms with E-state index >= 15 is 0 Å². The number of pyridine rings is 1. The molecular weight excluding hydrogens is 294 g/mol. The van der Waals surface area contributed by atoms with Crippen LogP contribution in [-0.4, -0.2) is 9.13 Å². The number of hydrogen-bond donors (Lipinski definition) is 0. The lowest BCUT2D eigenvalue weighted by Gasteiger charge is -2.08. The van der Waals surface area contributed by atoms with Crippen molar-refractivity contribution in [3.8, 4) is 5.82 Å². The molecule has 0 bridgehead atoms. The highest BCUT2D eigenvalue weighted by Crippen LogP contribution is 2.35. The maximum Gasteiger partial charge on any atom is 0.288 e. The molecule has 0 N–H and O–H groups in total. The van der Waals surface area contributed by atoms with Crippen LogP contribution in [0.3, 0.4) is 0 Å². The summed E-state index contributed by atoms with van der Waals surface area (Å²) < 4.78 is 76.9. The third-order valence-electron chi connectivity index (χ3n) is 4.76. The number of nitrogens with zero attached hydrogens (tertiary/aromatic N) is 3. The summed E-state index contributed by atoms with van der Waals surface area (Å²) in [5.41, 5.74) is 1.60. The Balaban J connectivity index is 2.23. The highest BCUT2D eigenvalue weighted by molar-refractivity contribution is 6.10. The van der Waals surface area contributed by atoms with Gasteiger partial charge in [0, 0.05) is 36.5 Å². The topological polar surface area (TPSA) is 13.7 Å². The minimum Gasteiger partial charge on any atom is -0.315 e. The first kappa shape index (κ1) is 8.02. The van der Waals surface area contributed by atoms with Crippen molar-refractivity contribution >= 4 is 21.9 Å². The largest absolute Gasteiger partial charge is 0.315 e. The smallest absolute Gasteiger partial charge is 0.288 e. The Morgan fingerprint density at radius 1 is 1.08 bits per heavy atom. The Hall–Kier alpha value is -2.55. The minimum absolute atomic E-state index is 0.243. The fourth-order valence-corrected chi connectivity index (χ4v) is 3.39. The van der Waals surface area contributed by atoms with Gasteiger partial charge in [-0.2, -0.15) is 4.57 Å². The van der Waals surface area contributed by atoms with Gasteiger partial charge in [0.2, 0.25) is 5.65 Å². The van der Waals surface area contributed by atoms with E-state index in [4.69, 9.17) is 12.3 Å². The molecule has 0 aliphatic carbocycles. The van der Waals surface area contributed by atoms with Crippen LogP contribution < -0.4 is 4.57 Å². The molecule has 0 aliphatic rings. The molecule has 0 saturated carbocycles. The third-order valence-corrected chi connectivity index (χ3v) is 4.76. The van der Waals surface area contributed by atoms with Crippen molar-refractivity contribution in [3.05, 3.63) is 58.9 Å². The summed E-state index contributed by atoms with van der Waals surface area (Å²) in [6.07, 6.45) is 1.32. The van der Waals surface area contributed by atoms with Crippen LogP contribution in [0.25, 0.3) is 27.8 Å². The van der Waals surface area contributed by atoms with Gasteiger partial charge in [0.05, 0.1) is 18.6 Å². The number of hydrogen-bond acceptors (Lipinski definition) is 0. The highest BCUT2D eigenvalue weighted by Gasteiger charge is 2.26. The van der Waals surface area contributed by atoms with Crippen LogP contribution in [-0.2, 0) is 14.1 Å². The van der Waals surface area contributed by atoms with Crippen molar-refractivity contribution in [2.75, 3.05) is 0 Å². The lowest BCUT2D eigenvalue weighted by molar-refractivity contribution is -0.665. The molecular formula is C21H24N3+. The van der Waals surface area contributed by atoms with Gasteiger partial charge in [-0.05, 0) is 56.3 Å². The van der Waals surface area contributed by atoms with E-state index in [0.29, 0.717) is 28.1 Å². The molecule has 0 fully saturated rings. The quantitative estimate of drug-likeness (QED) is 0.466. The Bertz CT molecular complexity index is 1400. The maximum atomic E-state index is 8.12. The first-order valence-electron chi connectivity index (χ1n) is 12.2. The van der Waals surface area contributed by atoms with Crippen molar-refractivity contribution < 1.29 is 16.9 Å². The minimum atomic E-state index is -2.65. The molecule has 0 spiro atoms. The monoisotopic (exact) mass is 327 g/mol. The van der Waals surface area contributed by atoms with Gasteiger partial charge in [-0.15, -0.1) is 0 Å². The first-order chi connectivity index (χ1) is 15.0. The van der Waals surface area contributed by atoms with Crippen molar-refractivity contribution in [1.29, 1.82) is 0 Å². The molecule has 0 saturated heterocycles. The number of benzene rings is 1. The molecule has 1 aromatic carbocycles. The maximum absolute atomic E-state index is 8.12. The molecule has 24 heavy (non-hydrogen) atoms. The molecule has 122 valence electrons. The fraction of sp³-hybridized carbons (Fsp3) is 0.286. The van der Waals surface area contributed by atoms with Crippen LogP contribution in [0.4, 0.5) is 0 Å². The molecule has 0 aliphatic heterocycles. The SMILES string of the molecule is [2H]C([2H])([2H])c1cc(-n2c3ccccc3c3c(C([2H])([2H])[2H])c(C)n(C)c32)[n+](C)cc1C([2H])([2H])[2H]. The number of fused-ring (bicyclic) bond motifs is 3. The number of rotatable bonds is 1. The summed E-state index contributed by atoms with van der Waals surface area (Å²) in [5, 5.41) is 1.29. The van der Waals surface area contributed by atoms with Crippen LogP contribution in [0.5, 0.6) is 0 Å². The summed E-state index contributed by atoms with van der Waals surface area (Å²) in [6, 6.07) is 8.69. The summed E-state index contributed by atoms with van der Waals surface area (Å²) in [6.45, 7) is -5.87. The lowest BCUT2D eigenvalue weighted by Crippen LogP contribution is -2.34. The summed E-state index contributed by atoms with van der Waals surface area (Å²) in [5.74, 6) is 0.415. The van der Waals surface area contributed by atoms with Crippen LogP contribution in [0.1, 0.15) is 34.7 Å². The molecule has 3 aromatic heterocycles. The van der Waals surface area contributed by atoms with E-state index in [-0.39, 0.29) is 16.7 Å². The normalized spacial score (nSPS) is 18.9. The zero-order valence-corrected chi connectivity index (χ0v) is 13.8. The van der Waals surface area contributed by atoms with E-state index in [0.717, 1.165) is 5.39 Å². The average Bonchev–Trinajstić information content (AvgIpc) is 3.12. The van der Waals surface area contributed by atoms with Crippen LogP contribution in [0.2, 0.25) is 0 Å². The van der Waals surface area contributed by atoms with E-state index in [1.54, 1.807) is 34.7 Å². The number of para-hydroxylation sites is 1. The Labute approximate surface area is 155 Å². The molecule has 0 radical (unpaired) electrons. The molecule has 4 rings (SSSR count).